The fraction of sp³-hybridized carbons (Fsp3) is 0.278. The molecule has 0 aliphatic rings. The average molecular weight is 332 g/mol. The Morgan fingerprint density at radius 3 is 2.17 bits per heavy atom. The van der Waals surface area contributed by atoms with Crippen LogP contribution in [0.25, 0.3) is 0 Å². The van der Waals surface area contributed by atoms with Crippen LogP contribution in [0.1, 0.15) is 19.4 Å². The highest BCUT2D eigenvalue weighted by Crippen LogP contribution is 2.23. The quantitative estimate of drug-likeness (QED) is 0.782. The van der Waals surface area contributed by atoms with E-state index in [0.717, 1.165) is 5.56 Å². The van der Waals surface area contributed by atoms with Gasteiger partial charge >= 0.3 is 0 Å². The topological polar surface area (TPSA) is 60.4 Å². The van der Waals surface area contributed by atoms with Crippen molar-refractivity contribution >= 4 is 15.6 Å². The number of ether oxygens (including phenoxy) is 1. The highest BCUT2D eigenvalue weighted by atomic mass is 32.2. The van der Waals surface area contributed by atoms with Crippen molar-refractivity contribution in [2.24, 2.45) is 0 Å². The van der Waals surface area contributed by atoms with Crippen LogP contribution in [0.4, 0.5) is 0 Å². The number of benzene rings is 2. The third kappa shape index (κ3) is 4.20. The predicted molar refractivity (Wildman–Crippen MR) is 89.4 cm³/mol. The van der Waals surface area contributed by atoms with Gasteiger partial charge in [0.15, 0.2) is 9.84 Å². The second-order valence-electron chi connectivity index (χ2n) is 5.24. The molecule has 0 heterocycles. The molecular weight excluding hydrogens is 312 g/mol. The lowest BCUT2D eigenvalue weighted by molar-refractivity contribution is -0.116. The minimum Gasteiger partial charge on any atom is -0.494 e. The smallest absolute Gasteiger partial charge is 0.188 e. The maximum atomic E-state index is 12.8. The Kier molecular flexibility index (Phi) is 5.55. The zero-order valence-electron chi connectivity index (χ0n) is 13.2. The molecule has 0 radical (unpaired) electrons. The molecule has 0 N–H and O–H groups in total. The van der Waals surface area contributed by atoms with Crippen LogP contribution < -0.4 is 4.74 Å². The Hall–Kier alpha value is -2.14. The van der Waals surface area contributed by atoms with Crippen molar-refractivity contribution in [3.8, 4) is 5.75 Å². The van der Waals surface area contributed by atoms with Crippen molar-refractivity contribution in [1.29, 1.82) is 0 Å². The first-order valence-corrected chi connectivity index (χ1v) is 9.01. The number of rotatable bonds is 7. The summed E-state index contributed by atoms with van der Waals surface area (Å²) in [5.74, 6) is 0.247. The maximum absolute atomic E-state index is 12.8. The van der Waals surface area contributed by atoms with E-state index in [-0.39, 0.29) is 17.1 Å². The van der Waals surface area contributed by atoms with Crippen LogP contribution >= 0.6 is 0 Å². The third-order valence-electron chi connectivity index (χ3n) is 3.56. The normalized spacial score (nSPS) is 12.6. The summed E-state index contributed by atoms with van der Waals surface area (Å²) in [7, 11) is -3.74. The van der Waals surface area contributed by atoms with E-state index in [1.165, 1.54) is 19.1 Å². The first kappa shape index (κ1) is 17.2. The Bertz CT molecular complexity index is 749. The van der Waals surface area contributed by atoms with Gasteiger partial charge in [-0.25, -0.2) is 8.42 Å². The van der Waals surface area contributed by atoms with Crippen LogP contribution in [-0.2, 0) is 21.1 Å². The summed E-state index contributed by atoms with van der Waals surface area (Å²) in [4.78, 5) is 12.1. The van der Waals surface area contributed by atoms with E-state index >= 15 is 0 Å². The average Bonchev–Trinajstić information content (AvgIpc) is 2.54. The molecule has 2 aromatic rings. The molecule has 5 heteroatoms. The molecule has 0 spiro atoms. The summed E-state index contributed by atoms with van der Waals surface area (Å²) in [6, 6.07) is 15.3. The van der Waals surface area contributed by atoms with Crippen molar-refractivity contribution in [3.63, 3.8) is 0 Å². The largest absolute Gasteiger partial charge is 0.494 e. The van der Waals surface area contributed by atoms with E-state index in [0.29, 0.717) is 12.4 Å². The number of Topliss-reactive ketones (excluding diaryl/α,β-unsaturated/α-hetero) is 1. The monoisotopic (exact) mass is 332 g/mol. The summed E-state index contributed by atoms with van der Waals surface area (Å²) in [6.45, 7) is 3.69. The molecule has 0 bridgehead atoms. The molecule has 1 unspecified atom stereocenters. The Morgan fingerprint density at radius 2 is 1.65 bits per heavy atom. The zero-order chi connectivity index (χ0) is 16.9. The Labute approximate surface area is 137 Å². The predicted octanol–water partition coefficient (Wildman–Crippen LogP) is 3.06. The first-order chi connectivity index (χ1) is 10.9. The number of hydrogen-bond acceptors (Lipinski definition) is 4. The molecular formula is C18H20O4S. The zero-order valence-corrected chi connectivity index (χ0v) is 14.0. The van der Waals surface area contributed by atoms with Gasteiger partial charge in [-0.2, -0.15) is 0 Å². The SMILES string of the molecule is CCOc1ccc(S(=O)(=O)C(Cc2ccccc2)C(C)=O)cc1. The van der Waals surface area contributed by atoms with Crippen molar-refractivity contribution < 1.29 is 17.9 Å². The first-order valence-electron chi connectivity index (χ1n) is 7.46. The van der Waals surface area contributed by atoms with Gasteiger partial charge in [-0.1, -0.05) is 30.3 Å². The summed E-state index contributed by atoms with van der Waals surface area (Å²) < 4.78 is 30.9. The van der Waals surface area contributed by atoms with E-state index in [2.05, 4.69) is 0 Å². The van der Waals surface area contributed by atoms with Crippen LogP contribution in [0.2, 0.25) is 0 Å². The molecule has 0 fully saturated rings. The van der Waals surface area contributed by atoms with Crippen molar-refractivity contribution in [2.45, 2.75) is 30.4 Å². The molecule has 0 aliphatic heterocycles. The van der Waals surface area contributed by atoms with Crippen molar-refractivity contribution in [3.05, 3.63) is 60.2 Å². The molecule has 2 aromatic carbocycles. The second-order valence-corrected chi connectivity index (χ2v) is 7.37. The van der Waals surface area contributed by atoms with Gasteiger partial charge in [0.05, 0.1) is 11.5 Å². The van der Waals surface area contributed by atoms with E-state index < -0.39 is 15.1 Å². The summed E-state index contributed by atoms with van der Waals surface area (Å²) in [5, 5.41) is -1.08. The van der Waals surface area contributed by atoms with Gasteiger partial charge in [0.2, 0.25) is 0 Å². The van der Waals surface area contributed by atoms with Gasteiger partial charge in [-0.15, -0.1) is 0 Å². The summed E-state index contributed by atoms with van der Waals surface area (Å²) in [5.41, 5.74) is 0.821. The lowest BCUT2D eigenvalue weighted by atomic mass is 10.1. The van der Waals surface area contributed by atoms with Gasteiger partial charge in [-0.3, -0.25) is 4.79 Å². The number of sulfone groups is 1. The van der Waals surface area contributed by atoms with Gasteiger partial charge < -0.3 is 4.74 Å². The number of hydrogen-bond donors (Lipinski definition) is 0. The molecule has 122 valence electrons. The molecule has 2 rings (SSSR count). The number of carbonyl (C=O) groups is 1. The lowest BCUT2D eigenvalue weighted by Crippen LogP contribution is -2.31. The van der Waals surface area contributed by atoms with Gasteiger partial charge in [0.25, 0.3) is 0 Å². The van der Waals surface area contributed by atoms with E-state index in [9.17, 15) is 13.2 Å². The fourth-order valence-electron chi connectivity index (χ4n) is 2.36. The van der Waals surface area contributed by atoms with Crippen LogP contribution in [0, 0.1) is 0 Å². The van der Waals surface area contributed by atoms with Crippen molar-refractivity contribution in [2.75, 3.05) is 6.61 Å². The third-order valence-corrected chi connectivity index (χ3v) is 5.73. The van der Waals surface area contributed by atoms with Crippen molar-refractivity contribution in [1.82, 2.24) is 0 Å². The second kappa shape index (κ2) is 7.42. The Morgan fingerprint density at radius 1 is 1.04 bits per heavy atom. The maximum Gasteiger partial charge on any atom is 0.188 e. The van der Waals surface area contributed by atoms with Gasteiger partial charge in [-0.05, 0) is 50.1 Å². The molecule has 1 atom stereocenters. The minimum atomic E-state index is -3.74. The Balaban J connectivity index is 2.31. The van der Waals surface area contributed by atoms with Crippen LogP contribution in [0.15, 0.2) is 59.5 Å². The molecule has 0 saturated heterocycles. The van der Waals surface area contributed by atoms with Crippen LogP contribution in [-0.4, -0.2) is 26.1 Å². The molecule has 4 nitrogen and oxygen atoms in total. The highest BCUT2D eigenvalue weighted by molar-refractivity contribution is 7.92. The highest BCUT2D eigenvalue weighted by Gasteiger charge is 2.31. The molecule has 0 amide bonds. The summed E-state index contributed by atoms with van der Waals surface area (Å²) in [6.07, 6.45) is 0.172. The molecule has 23 heavy (non-hydrogen) atoms. The summed E-state index contributed by atoms with van der Waals surface area (Å²) >= 11 is 0. The minimum absolute atomic E-state index is 0.136. The molecule has 0 aromatic heterocycles. The van der Waals surface area contributed by atoms with E-state index in [4.69, 9.17) is 4.74 Å². The standard InChI is InChI=1S/C18H20O4S/c1-3-22-16-9-11-17(12-10-16)23(20,21)18(14(2)19)13-15-7-5-4-6-8-15/h4-12,18H,3,13H2,1-2H3. The van der Waals surface area contributed by atoms with Gasteiger partial charge in [0, 0.05) is 0 Å². The van der Waals surface area contributed by atoms with Crippen LogP contribution in [0.5, 0.6) is 5.75 Å². The molecule has 0 aliphatic carbocycles. The van der Waals surface area contributed by atoms with E-state index in [1.807, 2.05) is 37.3 Å². The number of carbonyl (C=O) groups excluding carboxylic acids is 1. The fourth-order valence-corrected chi connectivity index (χ4v) is 4.05. The van der Waals surface area contributed by atoms with E-state index in [1.54, 1.807) is 12.1 Å². The van der Waals surface area contributed by atoms with Gasteiger partial charge in [0.1, 0.15) is 16.8 Å². The van der Waals surface area contributed by atoms with Crippen LogP contribution in [0.3, 0.4) is 0 Å². The lowest BCUT2D eigenvalue weighted by Gasteiger charge is -2.15. The molecule has 0 saturated carbocycles. The number of ketones is 1.